The molecule has 3 atom stereocenters. The first kappa shape index (κ1) is 51.6. The lowest BCUT2D eigenvalue weighted by Gasteiger charge is -2.17. The van der Waals surface area contributed by atoms with Gasteiger partial charge in [-0.1, -0.05) is 23.2 Å². The summed E-state index contributed by atoms with van der Waals surface area (Å²) in [4.78, 5) is 78.8. The van der Waals surface area contributed by atoms with Crippen molar-refractivity contribution in [1.82, 2.24) is 0 Å². The molecule has 0 aliphatic carbocycles. The molecular formula is C46H41Cl5N8O8. The molecule has 0 fully saturated rings. The minimum atomic E-state index is -1.62. The molecule has 4 N–H and O–H groups in total. The molecule has 0 aliphatic heterocycles. The highest BCUT2D eigenvalue weighted by atomic mass is 35.5. The number of alkyl halides is 3. The van der Waals surface area contributed by atoms with Crippen LogP contribution in [0.2, 0.25) is 10.0 Å². The number of carbonyl (C=O) groups excluding carboxylic acids is 6. The standard InChI is InChI=1S/C46H41Cl5N8O8/c1-23(49)33-18-28(52-45(64)41(24(2)60)58-56-29-6-11-36(50)34(19-29)43(62)53-38-14-9-31(66-4)16-26(38)21-47)8-13-40(33)55-46(65)42(25(3)61)59-57-30-7-12-37(51)35(20-30)44(63)54-39-15-10-32(67-5)17-27(39)22-48/h6-20,23,41-42H,21-22H2,1-5H3,(H,52,64)(H,53,62)(H,54,63)(H,55,65). The van der Waals surface area contributed by atoms with Gasteiger partial charge >= 0.3 is 0 Å². The number of amides is 4. The average molecular weight is 1010 g/mol. The van der Waals surface area contributed by atoms with Crippen LogP contribution < -0.4 is 30.7 Å². The van der Waals surface area contributed by atoms with Crippen LogP contribution in [0.4, 0.5) is 34.1 Å². The van der Waals surface area contributed by atoms with E-state index in [0.29, 0.717) is 39.6 Å². The molecule has 16 nitrogen and oxygen atoms in total. The van der Waals surface area contributed by atoms with E-state index in [1.165, 1.54) is 68.8 Å². The number of anilines is 4. The Balaban J connectivity index is 1.28. The van der Waals surface area contributed by atoms with E-state index in [9.17, 15) is 28.8 Å². The molecule has 4 amide bonds. The highest BCUT2D eigenvalue weighted by Crippen LogP contribution is 2.33. The third-order valence-electron chi connectivity index (χ3n) is 9.65. The van der Waals surface area contributed by atoms with Gasteiger partial charge in [-0.25, -0.2) is 0 Å². The van der Waals surface area contributed by atoms with Gasteiger partial charge in [0, 0.05) is 34.5 Å². The number of halogens is 5. The zero-order chi connectivity index (χ0) is 48.9. The molecule has 0 aromatic heterocycles. The number of carbonyl (C=O) groups is 6. The van der Waals surface area contributed by atoms with Gasteiger partial charge in [0.05, 0.1) is 52.1 Å². The predicted octanol–water partition coefficient (Wildman–Crippen LogP) is 11.7. The van der Waals surface area contributed by atoms with Gasteiger partial charge < -0.3 is 30.7 Å². The molecule has 5 aromatic carbocycles. The molecule has 348 valence electrons. The lowest BCUT2D eigenvalue weighted by Crippen LogP contribution is -2.32. The van der Waals surface area contributed by atoms with E-state index in [2.05, 4.69) is 41.7 Å². The number of nitrogens with one attached hydrogen (secondary N) is 4. The van der Waals surface area contributed by atoms with Gasteiger partial charge in [0.1, 0.15) is 11.5 Å². The second kappa shape index (κ2) is 23.8. The predicted molar refractivity (Wildman–Crippen MR) is 260 cm³/mol. The number of nitrogens with zero attached hydrogens (tertiary/aromatic N) is 4. The Bertz CT molecular complexity index is 2790. The third kappa shape index (κ3) is 13.6. The van der Waals surface area contributed by atoms with Crippen LogP contribution in [0.15, 0.2) is 111 Å². The first-order valence-corrected chi connectivity index (χ1v) is 22.1. The van der Waals surface area contributed by atoms with E-state index in [-0.39, 0.29) is 55.7 Å². The smallest absolute Gasteiger partial charge is 0.258 e. The monoisotopic (exact) mass is 1010 g/mol. The van der Waals surface area contributed by atoms with Crippen LogP contribution in [0.25, 0.3) is 0 Å². The summed E-state index contributed by atoms with van der Waals surface area (Å²) in [5.41, 5.74) is 3.09. The minimum absolute atomic E-state index is 0.0361. The molecule has 0 aliphatic rings. The highest BCUT2D eigenvalue weighted by molar-refractivity contribution is 6.35. The fraction of sp³-hybridized carbons (Fsp3) is 0.217. The Labute approximate surface area is 409 Å². The number of ether oxygens (including phenoxy) is 2. The second-order valence-electron chi connectivity index (χ2n) is 14.4. The molecule has 3 unspecified atom stereocenters. The van der Waals surface area contributed by atoms with Crippen molar-refractivity contribution in [2.45, 2.75) is 50.0 Å². The first-order chi connectivity index (χ1) is 32.0. The fourth-order valence-electron chi connectivity index (χ4n) is 6.12. The van der Waals surface area contributed by atoms with Gasteiger partial charge in [0.15, 0.2) is 11.6 Å². The number of benzene rings is 5. The molecule has 0 spiro atoms. The van der Waals surface area contributed by atoms with Crippen molar-refractivity contribution in [3.63, 3.8) is 0 Å². The highest BCUT2D eigenvalue weighted by Gasteiger charge is 2.27. The largest absolute Gasteiger partial charge is 0.497 e. The number of azo groups is 2. The molecule has 5 rings (SSSR count). The quantitative estimate of drug-likeness (QED) is 0.0353. The Kier molecular flexibility index (Phi) is 18.3. The van der Waals surface area contributed by atoms with Crippen LogP contribution in [0.5, 0.6) is 11.5 Å². The average Bonchev–Trinajstić information content (AvgIpc) is 3.30. The summed E-state index contributed by atoms with van der Waals surface area (Å²) < 4.78 is 10.4. The topological polar surface area (TPSA) is 218 Å². The van der Waals surface area contributed by atoms with E-state index in [0.717, 1.165) is 13.8 Å². The SMILES string of the molecule is COc1ccc(NC(=O)c2cc(N=NC(C(C)=O)C(=O)Nc3ccc(NC(=O)C(N=Nc4ccc(Cl)c(C(=O)Nc5ccc(OC)cc5CCl)c4)C(C)=O)c(C(C)Cl)c3)ccc2Cl)c(CCl)c1. The van der Waals surface area contributed by atoms with Crippen LogP contribution in [-0.4, -0.2) is 61.5 Å². The third-order valence-corrected chi connectivity index (χ3v) is 11.1. The molecule has 21 heteroatoms. The van der Waals surface area contributed by atoms with Crippen LogP contribution in [0, 0.1) is 0 Å². The lowest BCUT2D eigenvalue weighted by molar-refractivity contribution is -0.127. The van der Waals surface area contributed by atoms with Crippen LogP contribution >= 0.6 is 58.0 Å². The maximum atomic E-state index is 13.5. The number of hydrogen-bond acceptors (Lipinski definition) is 12. The van der Waals surface area contributed by atoms with Crippen molar-refractivity contribution in [1.29, 1.82) is 0 Å². The minimum Gasteiger partial charge on any atom is -0.497 e. The molecule has 0 saturated heterocycles. The maximum Gasteiger partial charge on any atom is 0.258 e. The first-order valence-electron chi connectivity index (χ1n) is 19.9. The van der Waals surface area contributed by atoms with Gasteiger partial charge in [-0.05, 0) is 128 Å². The summed E-state index contributed by atoms with van der Waals surface area (Å²) in [6.45, 7) is 3.93. The van der Waals surface area contributed by atoms with Crippen molar-refractivity contribution >= 4 is 127 Å². The molecule has 0 saturated carbocycles. The lowest BCUT2D eigenvalue weighted by atomic mass is 10.1. The van der Waals surface area contributed by atoms with Gasteiger partial charge in [-0.2, -0.15) is 20.5 Å². The Morgan fingerprint density at radius 1 is 0.567 bits per heavy atom. The molecule has 5 aromatic rings. The Morgan fingerprint density at radius 2 is 1.00 bits per heavy atom. The summed E-state index contributed by atoms with van der Waals surface area (Å²) in [6.07, 6.45) is 0. The van der Waals surface area contributed by atoms with E-state index in [1.807, 2.05) is 0 Å². The van der Waals surface area contributed by atoms with Gasteiger partial charge in [-0.15, -0.1) is 34.8 Å². The Morgan fingerprint density at radius 3 is 1.40 bits per heavy atom. The van der Waals surface area contributed by atoms with E-state index in [1.54, 1.807) is 43.3 Å². The fourth-order valence-corrected chi connectivity index (χ4v) is 7.15. The van der Waals surface area contributed by atoms with E-state index in [4.69, 9.17) is 67.5 Å². The van der Waals surface area contributed by atoms with Gasteiger partial charge in [-0.3, -0.25) is 28.8 Å². The van der Waals surface area contributed by atoms with Gasteiger partial charge in [0.2, 0.25) is 12.1 Å². The van der Waals surface area contributed by atoms with E-state index < -0.39 is 52.7 Å². The molecular weight excluding hydrogens is 970 g/mol. The van der Waals surface area contributed by atoms with E-state index >= 15 is 0 Å². The number of methoxy groups -OCH3 is 2. The van der Waals surface area contributed by atoms with Crippen molar-refractivity contribution in [3.8, 4) is 11.5 Å². The van der Waals surface area contributed by atoms with Gasteiger partial charge in [0.25, 0.3) is 23.6 Å². The second-order valence-corrected chi connectivity index (χ2v) is 16.4. The zero-order valence-corrected chi connectivity index (χ0v) is 40.0. The molecule has 0 radical (unpaired) electrons. The van der Waals surface area contributed by atoms with Crippen LogP contribution in [-0.2, 0) is 30.9 Å². The molecule has 0 bridgehead atoms. The summed E-state index contributed by atoms with van der Waals surface area (Å²) in [5.74, 6) is -2.86. The summed E-state index contributed by atoms with van der Waals surface area (Å²) in [7, 11) is 3.01. The summed E-state index contributed by atoms with van der Waals surface area (Å²) in [5, 5.41) is 26.3. The van der Waals surface area contributed by atoms with Crippen molar-refractivity contribution in [2.75, 3.05) is 35.5 Å². The normalized spacial score (nSPS) is 12.5. The van der Waals surface area contributed by atoms with Crippen molar-refractivity contribution in [3.05, 3.63) is 129 Å². The van der Waals surface area contributed by atoms with Crippen molar-refractivity contribution < 1.29 is 38.2 Å². The number of Topliss-reactive ketones (excluding diaryl/α,β-unsaturated/α-hetero) is 2. The maximum absolute atomic E-state index is 13.5. The number of rotatable bonds is 19. The van der Waals surface area contributed by atoms with Crippen LogP contribution in [0.3, 0.4) is 0 Å². The number of ketones is 2. The van der Waals surface area contributed by atoms with Crippen LogP contribution in [0.1, 0.15) is 63.6 Å². The summed E-state index contributed by atoms with van der Waals surface area (Å²) in [6, 6.07) is 19.5. The zero-order valence-electron chi connectivity index (χ0n) is 36.3. The molecule has 0 heterocycles. The van der Waals surface area contributed by atoms with Crippen molar-refractivity contribution in [2.24, 2.45) is 20.5 Å². The molecule has 67 heavy (non-hydrogen) atoms. The Hall–Kier alpha value is -6.43. The number of hydrogen-bond donors (Lipinski definition) is 4. The summed E-state index contributed by atoms with van der Waals surface area (Å²) >= 11 is 31.4.